The topological polar surface area (TPSA) is 133 Å². The molecule has 2 aromatic carbocycles. The summed E-state index contributed by atoms with van der Waals surface area (Å²) < 4.78 is 39.8. The monoisotopic (exact) mass is 496 g/mol. The van der Waals surface area contributed by atoms with Crippen molar-refractivity contribution in [2.24, 2.45) is 5.73 Å². The highest BCUT2D eigenvalue weighted by Crippen LogP contribution is 2.33. The van der Waals surface area contributed by atoms with Crippen molar-refractivity contribution in [2.75, 3.05) is 10.3 Å². The number of aliphatic carboxylic acids is 1. The Morgan fingerprint density at radius 3 is 2.64 bits per heavy atom. The van der Waals surface area contributed by atoms with Crippen LogP contribution in [-0.2, 0) is 4.79 Å². The molecule has 1 amide bonds. The standard InChI is InChI=1S/C24H19F3N6O3/c25-24(26,27)19-9-10-33(32-19)22-18(15-4-1-3-14(11-15)7-8-20(34)35)13-29-23(31-22)30-17-6-2-5-16(12-17)21(28)36/h1-13,19,32H,(H2,28,36)(H,34,35)(H,29,30,31)/b8-7+. The number of nitrogens with one attached hydrogen (secondary N) is 2. The molecule has 0 radical (unpaired) electrons. The van der Waals surface area contributed by atoms with Crippen molar-refractivity contribution < 1.29 is 27.9 Å². The highest BCUT2D eigenvalue weighted by Gasteiger charge is 2.41. The summed E-state index contributed by atoms with van der Waals surface area (Å²) in [6.45, 7) is 0. The van der Waals surface area contributed by atoms with E-state index in [0.717, 1.165) is 17.2 Å². The minimum absolute atomic E-state index is 0.0583. The van der Waals surface area contributed by atoms with Gasteiger partial charge in [-0.3, -0.25) is 9.80 Å². The maximum absolute atomic E-state index is 13.3. The SMILES string of the molecule is NC(=O)c1cccc(Nc2ncc(-c3cccc(/C=C/C(=O)O)c3)c(N3C=CC(C(F)(F)F)N3)n2)c1. The van der Waals surface area contributed by atoms with Crippen LogP contribution in [0.25, 0.3) is 17.2 Å². The molecule has 2 heterocycles. The second-order valence-electron chi connectivity index (χ2n) is 7.66. The van der Waals surface area contributed by atoms with Gasteiger partial charge in [0.25, 0.3) is 0 Å². The molecule has 0 fully saturated rings. The Hall–Kier alpha value is -4.71. The number of aromatic nitrogens is 2. The molecular weight excluding hydrogens is 477 g/mol. The quantitative estimate of drug-likeness (QED) is 0.363. The van der Waals surface area contributed by atoms with Crippen molar-refractivity contribution in [3.05, 3.63) is 84.2 Å². The molecule has 1 atom stereocenters. The maximum Gasteiger partial charge on any atom is 0.409 e. The lowest BCUT2D eigenvalue weighted by atomic mass is 10.0. The van der Waals surface area contributed by atoms with E-state index in [1.54, 1.807) is 36.4 Å². The molecular formula is C24H19F3N6O3. The fraction of sp³-hybridized carbons (Fsp3) is 0.0833. The van der Waals surface area contributed by atoms with Gasteiger partial charge in [-0.25, -0.2) is 15.2 Å². The highest BCUT2D eigenvalue weighted by atomic mass is 19.4. The van der Waals surface area contributed by atoms with E-state index in [-0.39, 0.29) is 17.3 Å². The first-order valence-corrected chi connectivity index (χ1v) is 10.5. The number of hydrogen-bond acceptors (Lipinski definition) is 7. The molecule has 3 aromatic rings. The van der Waals surface area contributed by atoms with Crippen LogP contribution in [0.15, 0.2) is 73.1 Å². The summed E-state index contributed by atoms with van der Waals surface area (Å²) in [7, 11) is 0. The first-order chi connectivity index (χ1) is 17.1. The van der Waals surface area contributed by atoms with Gasteiger partial charge in [0.2, 0.25) is 11.9 Å². The fourth-order valence-corrected chi connectivity index (χ4v) is 3.40. The van der Waals surface area contributed by atoms with Crippen LogP contribution in [0, 0.1) is 0 Å². The van der Waals surface area contributed by atoms with Crippen LogP contribution in [0.4, 0.5) is 30.6 Å². The zero-order valence-corrected chi connectivity index (χ0v) is 18.4. The van der Waals surface area contributed by atoms with Crippen molar-refractivity contribution in [3.63, 3.8) is 0 Å². The summed E-state index contributed by atoms with van der Waals surface area (Å²) in [5, 5.41) is 12.9. The molecule has 1 aromatic heterocycles. The number of anilines is 3. The Morgan fingerprint density at radius 2 is 1.94 bits per heavy atom. The van der Waals surface area contributed by atoms with Crippen molar-refractivity contribution in [2.45, 2.75) is 12.2 Å². The van der Waals surface area contributed by atoms with Crippen LogP contribution in [-0.4, -0.2) is 39.2 Å². The molecule has 1 unspecified atom stereocenters. The zero-order chi connectivity index (χ0) is 25.9. The minimum atomic E-state index is -4.52. The summed E-state index contributed by atoms with van der Waals surface area (Å²) in [5.74, 6) is -1.58. The van der Waals surface area contributed by atoms with Gasteiger partial charge >= 0.3 is 12.1 Å². The molecule has 0 bridgehead atoms. The molecule has 12 heteroatoms. The lowest BCUT2D eigenvalue weighted by Gasteiger charge is -2.23. The number of hydrogen-bond donors (Lipinski definition) is 4. The largest absolute Gasteiger partial charge is 0.478 e. The first kappa shape index (κ1) is 24.4. The second-order valence-corrected chi connectivity index (χ2v) is 7.66. The molecule has 4 rings (SSSR count). The van der Waals surface area contributed by atoms with E-state index in [2.05, 4.69) is 20.7 Å². The third-order valence-electron chi connectivity index (χ3n) is 5.07. The van der Waals surface area contributed by atoms with Gasteiger partial charge in [0.15, 0.2) is 5.82 Å². The number of hydrazine groups is 1. The molecule has 36 heavy (non-hydrogen) atoms. The van der Waals surface area contributed by atoms with Gasteiger partial charge in [-0.05, 0) is 47.5 Å². The number of nitrogens with zero attached hydrogens (tertiary/aromatic N) is 3. The third kappa shape index (κ3) is 5.67. The van der Waals surface area contributed by atoms with Crippen LogP contribution in [0.2, 0.25) is 0 Å². The van der Waals surface area contributed by atoms with Crippen LogP contribution in [0.1, 0.15) is 15.9 Å². The average molecular weight is 496 g/mol. The average Bonchev–Trinajstić information content (AvgIpc) is 3.34. The van der Waals surface area contributed by atoms with E-state index in [9.17, 15) is 22.8 Å². The summed E-state index contributed by atoms with van der Waals surface area (Å²) >= 11 is 0. The number of carboxylic acid groups (broad SMARTS) is 1. The Kier molecular flexibility index (Phi) is 6.70. The van der Waals surface area contributed by atoms with Gasteiger partial charge < -0.3 is 16.2 Å². The molecule has 1 aliphatic rings. The number of alkyl halides is 3. The summed E-state index contributed by atoms with van der Waals surface area (Å²) in [6.07, 6.45) is 1.45. The molecule has 0 saturated heterocycles. The number of rotatable bonds is 7. The second kappa shape index (κ2) is 9.88. The fourth-order valence-electron chi connectivity index (χ4n) is 3.40. The lowest BCUT2D eigenvalue weighted by molar-refractivity contribution is -0.142. The van der Waals surface area contributed by atoms with E-state index >= 15 is 0 Å². The number of nitrogens with two attached hydrogens (primary N) is 1. The summed E-state index contributed by atoms with van der Waals surface area (Å²) in [4.78, 5) is 31.0. The number of primary amides is 1. The predicted octanol–water partition coefficient (Wildman–Crippen LogP) is 3.85. The Morgan fingerprint density at radius 1 is 1.17 bits per heavy atom. The zero-order valence-electron chi connectivity index (χ0n) is 18.4. The highest BCUT2D eigenvalue weighted by molar-refractivity contribution is 5.94. The van der Waals surface area contributed by atoms with Crippen molar-refractivity contribution >= 4 is 35.4 Å². The smallest absolute Gasteiger partial charge is 0.409 e. The minimum Gasteiger partial charge on any atom is -0.478 e. The van der Waals surface area contributed by atoms with E-state index in [4.69, 9.17) is 10.8 Å². The lowest BCUT2D eigenvalue weighted by Crippen LogP contribution is -2.44. The van der Waals surface area contributed by atoms with Crippen LogP contribution < -0.4 is 21.5 Å². The summed E-state index contributed by atoms with van der Waals surface area (Å²) in [5.41, 5.74) is 9.86. The Labute approximate surface area is 202 Å². The van der Waals surface area contributed by atoms with E-state index in [0.29, 0.717) is 22.4 Å². The van der Waals surface area contributed by atoms with Crippen LogP contribution in [0.3, 0.4) is 0 Å². The first-order valence-electron chi connectivity index (χ1n) is 10.5. The van der Waals surface area contributed by atoms with E-state index in [1.807, 2.05) is 0 Å². The predicted molar refractivity (Wildman–Crippen MR) is 127 cm³/mol. The van der Waals surface area contributed by atoms with Crippen LogP contribution in [0.5, 0.6) is 0 Å². The number of carbonyl (C=O) groups excluding carboxylic acids is 1. The van der Waals surface area contributed by atoms with E-state index < -0.39 is 24.1 Å². The molecule has 0 aliphatic carbocycles. The number of amides is 1. The number of carbonyl (C=O) groups is 2. The van der Waals surface area contributed by atoms with Gasteiger partial charge in [0, 0.05) is 35.3 Å². The number of benzene rings is 2. The Bertz CT molecular complexity index is 1370. The van der Waals surface area contributed by atoms with Gasteiger partial charge in [-0.15, -0.1) is 0 Å². The number of halogens is 3. The van der Waals surface area contributed by atoms with E-state index in [1.165, 1.54) is 30.6 Å². The molecule has 1 aliphatic heterocycles. The van der Waals surface area contributed by atoms with Crippen molar-refractivity contribution in [1.29, 1.82) is 0 Å². The molecule has 184 valence electrons. The van der Waals surface area contributed by atoms with Crippen molar-refractivity contribution in [3.8, 4) is 11.1 Å². The molecule has 0 spiro atoms. The van der Waals surface area contributed by atoms with Gasteiger partial charge in [-0.1, -0.05) is 24.3 Å². The third-order valence-corrected chi connectivity index (χ3v) is 5.07. The number of carboxylic acids is 1. The molecule has 0 saturated carbocycles. The van der Waals surface area contributed by atoms with Crippen LogP contribution >= 0.6 is 0 Å². The van der Waals surface area contributed by atoms with Gasteiger partial charge in [0.05, 0.1) is 0 Å². The summed E-state index contributed by atoms with van der Waals surface area (Å²) in [6, 6.07) is 11.1. The molecule has 5 N–H and O–H groups in total. The van der Waals surface area contributed by atoms with Gasteiger partial charge in [-0.2, -0.15) is 18.2 Å². The van der Waals surface area contributed by atoms with Crippen molar-refractivity contribution in [1.82, 2.24) is 15.4 Å². The van der Waals surface area contributed by atoms with Gasteiger partial charge in [0.1, 0.15) is 6.04 Å². The molecule has 9 nitrogen and oxygen atoms in total. The Balaban J connectivity index is 1.73. The normalized spacial score (nSPS) is 15.4. The maximum atomic E-state index is 13.3.